The molecule has 6 atom stereocenters. The number of carbonyl (C=O) groups is 2. The molecule has 0 spiro atoms. The summed E-state index contributed by atoms with van der Waals surface area (Å²) in [5, 5.41) is 3.15. The van der Waals surface area contributed by atoms with Crippen molar-refractivity contribution in [2.75, 3.05) is 13.1 Å². The maximum atomic E-state index is 12.7. The highest BCUT2D eigenvalue weighted by molar-refractivity contribution is 6.04. The molecular formula is C20H23N5O2. The van der Waals surface area contributed by atoms with Crippen LogP contribution in [0.1, 0.15) is 35.4 Å². The van der Waals surface area contributed by atoms with E-state index in [4.69, 9.17) is 0 Å². The number of piperidine rings is 1. The van der Waals surface area contributed by atoms with E-state index in [2.05, 4.69) is 20.3 Å². The van der Waals surface area contributed by atoms with Crippen molar-refractivity contribution in [3.05, 3.63) is 23.8 Å². The molecule has 27 heavy (non-hydrogen) atoms. The Morgan fingerprint density at radius 2 is 1.89 bits per heavy atom. The van der Waals surface area contributed by atoms with E-state index < -0.39 is 0 Å². The number of aryl methyl sites for hydroxylation is 1. The van der Waals surface area contributed by atoms with E-state index in [1.165, 1.54) is 6.42 Å². The third-order valence-electron chi connectivity index (χ3n) is 7.15. The Bertz CT molecular complexity index is 946. The molecule has 1 saturated heterocycles. The number of likely N-dealkylation sites (tertiary alicyclic amines) is 1. The van der Waals surface area contributed by atoms with Gasteiger partial charge in [0.15, 0.2) is 0 Å². The number of nitrogens with one attached hydrogen (secondary N) is 2. The molecule has 3 aliphatic carbocycles. The van der Waals surface area contributed by atoms with E-state index in [1.807, 2.05) is 11.8 Å². The first-order valence-corrected chi connectivity index (χ1v) is 9.98. The average molecular weight is 365 g/mol. The molecule has 3 heterocycles. The molecule has 7 heteroatoms. The van der Waals surface area contributed by atoms with Crippen LogP contribution in [0.5, 0.6) is 0 Å². The monoisotopic (exact) mass is 365 g/mol. The molecule has 2 unspecified atom stereocenters. The van der Waals surface area contributed by atoms with Gasteiger partial charge in [-0.3, -0.25) is 14.6 Å². The number of amides is 2. The van der Waals surface area contributed by atoms with Gasteiger partial charge in [-0.2, -0.15) is 0 Å². The second kappa shape index (κ2) is 5.30. The number of hydrogen-bond donors (Lipinski definition) is 2. The normalized spacial score (nSPS) is 35.8. The molecular weight excluding hydrogens is 342 g/mol. The molecule has 6 rings (SSSR count). The van der Waals surface area contributed by atoms with Crippen molar-refractivity contribution in [2.45, 2.75) is 32.2 Å². The fourth-order valence-corrected chi connectivity index (χ4v) is 5.55. The Morgan fingerprint density at radius 1 is 1.15 bits per heavy atom. The lowest BCUT2D eigenvalue weighted by Crippen LogP contribution is -2.40. The van der Waals surface area contributed by atoms with E-state index in [-0.39, 0.29) is 17.9 Å². The average Bonchev–Trinajstić information content (AvgIpc) is 3.29. The number of imidazole rings is 1. The lowest BCUT2D eigenvalue weighted by Gasteiger charge is -2.24. The van der Waals surface area contributed by atoms with Gasteiger partial charge in [0.25, 0.3) is 5.91 Å². The first-order chi connectivity index (χ1) is 13.1. The van der Waals surface area contributed by atoms with Crippen LogP contribution in [0.4, 0.5) is 0 Å². The zero-order valence-corrected chi connectivity index (χ0v) is 15.3. The number of H-pyrrole nitrogens is 1. The van der Waals surface area contributed by atoms with Crippen LogP contribution in [0.15, 0.2) is 12.4 Å². The van der Waals surface area contributed by atoms with Gasteiger partial charge in [0.05, 0.1) is 17.3 Å². The third kappa shape index (κ3) is 2.40. The van der Waals surface area contributed by atoms with Crippen LogP contribution in [-0.4, -0.2) is 50.8 Å². The van der Waals surface area contributed by atoms with Crippen molar-refractivity contribution in [2.24, 2.45) is 29.6 Å². The highest BCUT2D eigenvalue weighted by Crippen LogP contribution is 2.55. The van der Waals surface area contributed by atoms with E-state index in [0.717, 1.165) is 49.1 Å². The maximum Gasteiger partial charge on any atom is 0.255 e. The summed E-state index contributed by atoms with van der Waals surface area (Å²) in [4.78, 5) is 39.2. The topological polar surface area (TPSA) is 91.0 Å². The summed E-state index contributed by atoms with van der Waals surface area (Å²) in [5.74, 6) is 3.77. The SMILES string of the molecule is Cc1nc2c(C(=O)NC3[C@H]4CN(C(=O)C5C[C@@H]6C[C@@H]6C5)C[C@@H]34)cncc2[nH]1. The van der Waals surface area contributed by atoms with E-state index in [0.29, 0.717) is 28.8 Å². The number of rotatable bonds is 3. The van der Waals surface area contributed by atoms with Gasteiger partial charge in [-0.05, 0) is 38.0 Å². The van der Waals surface area contributed by atoms with E-state index in [9.17, 15) is 9.59 Å². The van der Waals surface area contributed by atoms with Gasteiger partial charge < -0.3 is 15.2 Å². The Morgan fingerprint density at radius 3 is 2.63 bits per heavy atom. The summed E-state index contributed by atoms with van der Waals surface area (Å²) in [6, 6.07) is 0.175. The van der Waals surface area contributed by atoms with E-state index in [1.54, 1.807) is 12.4 Å². The van der Waals surface area contributed by atoms with Gasteiger partial charge in [-0.1, -0.05) is 0 Å². The number of hydrogen-bond acceptors (Lipinski definition) is 4. The van der Waals surface area contributed by atoms with Gasteiger partial charge in [0.2, 0.25) is 5.91 Å². The minimum absolute atomic E-state index is 0.118. The summed E-state index contributed by atoms with van der Waals surface area (Å²) >= 11 is 0. The fraction of sp³-hybridized carbons (Fsp3) is 0.600. The summed E-state index contributed by atoms with van der Waals surface area (Å²) in [7, 11) is 0. The number of fused-ring (bicyclic) bond motifs is 3. The molecule has 2 aromatic heterocycles. The molecule has 0 bridgehead atoms. The van der Waals surface area contributed by atoms with Crippen LogP contribution >= 0.6 is 0 Å². The minimum Gasteiger partial charge on any atom is -0.348 e. The molecule has 3 saturated carbocycles. The molecule has 140 valence electrons. The number of aromatic amines is 1. The van der Waals surface area contributed by atoms with Crippen LogP contribution in [0.3, 0.4) is 0 Å². The van der Waals surface area contributed by atoms with Gasteiger partial charge in [-0.25, -0.2) is 4.98 Å². The predicted octanol–water partition coefficient (Wildman–Crippen LogP) is 1.50. The predicted molar refractivity (Wildman–Crippen MR) is 97.8 cm³/mol. The van der Waals surface area contributed by atoms with Crippen LogP contribution < -0.4 is 5.32 Å². The van der Waals surface area contributed by atoms with Crippen molar-refractivity contribution in [1.82, 2.24) is 25.2 Å². The number of carbonyl (C=O) groups excluding carboxylic acids is 2. The molecule has 4 aliphatic rings. The first kappa shape index (κ1) is 15.6. The Labute approximate surface area is 156 Å². The summed E-state index contributed by atoms with van der Waals surface area (Å²) < 4.78 is 0. The molecule has 4 fully saturated rings. The van der Waals surface area contributed by atoms with Crippen molar-refractivity contribution in [3.8, 4) is 0 Å². The summed E-state index contributed by atoms with van der Waals surface area (Å²) in [6.07, 6.45) is 6.83. The Kier molecular flexibility index (Phi) is 3.06. The van der Waals surface area contributed by atoms with Crippen molar-refractivity contribution >= 4 is 22.8 Å². The summed E-state index contributed by atoms with van der Waals surface area (Å²) in [6.45, 7) is 3.46. The number of aromatic nitrogens is 3. The van der Waals surface area contributed by atoms with Gasteiger partial charge >= 0.3 is 0 Å². The first-order valence-electron chi connectivity index (χ1n) is 9.98. The smallest absolute Gasteiger partial charge is 0.255 e. The molecule has 2 N–H and O–H groups in total. The molecule has 0 aromatic carbocycles. The second-order valence-electron chi connectivity index (χ2n) is 8.90. The Balaban J connectivity index is 1.09. The van der Waals surface area contributed by atoms with Crippen molar-refractivity contribution in [1.29, 1.82) is 0 Å². The number of pyridine rings is 1. The van der Waals surface area contributed by atoms with Gasteiger partial charge in [-0.15, -0.1) is 0 Å². The lowest BCUT2D eigenvalue weighted by atomic mass is 10.0. The van der Waals surface area contributed by atoms with Crippen LogP contribution in [0.25, 0.3) is 11.0 Å². The quantitative estimate of drug-likeness (QED) is 0.862. The highest BCUT2D eigenvalue weighted by atomic mass is 16.2. The second-order valence-corrected chi connectivity index (χ2v) is 8.90. The third-order valence-corrected chi connectivity index (χ3v) is 7.15. The van der Waals surface area contributed by atoms with Crippen LogP contribution in [0.2, 0.25) is 0 Å². The Hall–Kier alpha value is -2.44. The maximum absolute atomic E-state index is 12.7. The fourth-order valence-electron chi connectivity index (χ4n) is 5.55. The lowest BCUT2D eigenvalue weighted by molar-refractivity contribution is -0.135. The molecule has 1 aliphatic heterocycles. The van der Waals surface area contributed by atoms with Crippen molar-refractivity contribution < 1.29 is 9.59 Å². The van der Waals surface area contributed by atoms with Gasteiger partial charge in [0, 0.05) is 43.1 Å². The van der Waals surface area contributed by atoms with Crippen molar-refractivity contribution in [3.63, 3.8) is 0 Å². The standard InChI is InChI=1S/C20H23N5O2/c1-9-22-16-6-21-5-13(18(16)23-9)19(26)24-17-14-7-25(8-15(14)17)20(27)12-3-10-2-11(10)4-12/h5-6,10-12,14-15,17H,2-4,7-8H2,1H3,(H,22,23)(H,24,26)/t10-,11+,12?,14-,15+,17?. The zero-order valence-electron chi connectivity index (χ0n) is 15.3. The minimum atomic E-state index is -0.118. The highest BCUT2D eigenvalue weighted by Gasteiger charge is 2.58. The van der Waals surface area contributed by atoms with Gasteiger partial charge in [0.1, 0.15) is 11.3 Å². The van der Waals surface area contributed by atoms with Crippen LogP contribution in [0, 0.1) is 36.5 Å². The van der Waals surface area contributed by atoms with E-state index >= 15 is 0 Å². The number of nitrogens with zero attached hydrogens (tertiary/aromatic N) is 3. The zero-order chi connectivity index (χ0) is 18.3. The van der Waals surface area contributed by atoms with Crippen LogP contribution in [-0.2, 0) is 4.79 Å². The summed E-state index contributed by atoms with van der Waals surface area (Å²) in [5.41, 5.74) is 1.96. The molecule has 2 aromatic rings. The molecule has 0 radical (unpaired) electrons. The largest absolute Gasteiger partial charge is 0.348 e. The molecule has 2 amide bonds. The molecule has 7 nitrogen and oxygen atoms in total.